The highest BCUT2D eigenvalue weighted by Crippen LogP contribution is 2.30. The van der Waals surface area contributed by atoms with Crippen molar-refractivity contribution in [3.63, 3.8) is 0 Å². The topological polar surface area (TPSA) is 51.8 Å². The number of nitrogens with two attached hydrogens (primary N) is 1. The molecule has 0 saturated heterocycles. The molecule has 0 aliphatic heterocycles. The number of halogens is 1. The molecule has 0 aliphatic rings. The van der Waals surface area contributed by atoms with Crippen LogP contribution in [0.25, 0.3) is 10.7 Å². The second kappa shape index (κ2) is 6.11. The molecule has 5 heteroatoms. The number of hydrogen-bond donors (Lipinski definition) is 1. The monoisotopic (exact) mass is 339 g/mol. The SMILES string of the molecule is Cc1nc(-c2ccc(Br)s2)nc(C)c1CC(C)CN. The van der Waals surface area contributed by atoms with E-state index in [0.717, 1.165) is 32.3 Å². The highest BCUT2D eigenvalue weighted by molar-refractivity contribution is 9.11. The molecule has 102 valence electrons. The van der Waals surface area contributed by atoms with Crippen molar-refractivity contribution in [2.45, 2.75) is 27.2 Å². The minimum absolute atomic E-state index is 0.461. The van der Waals surface area contributed by atoms with Crippen LogP contribution in [0.15, 0.2) is 15.9 Å². The Morgan fingerprint density at radius 1 is 1.26 bits per heavy atom. The Morgan fingerprint density at radius 3 is 2.37 bits per heavy atom. The Bertz CT molecular complexity index is 557. The first-order chi connectivity index (χ1) is 9.01. The lowest BCUT2D eigenvalue weighted by molar-refractivity contribution is 0.586. The average molecular weight is 340 g/mol. The van der Waals surface area contributed by atoms with Gasteiger partial charge in [0.25, 0.3) is 0 Å². The number of aromatic nitrogens is 2. The summed E-state index contributed by atoms with van der Waals surface area (Å²) < 4.78 is 1.10. The van der Waals surface area contributed by atoms with Gasteiger partial charge in [0.05, 0.1) is 8.66 Å². The van der Waals surface area contributed by atoms with Gasteiger partial charge in [-0.1, -0.05) is 6.92 Å². The van der Waals surface area contributed by atoms with Gasteiger partial charge in [-0.05, 0) is 66.4 Å². The molecule has 2 rings (SSSR count). The van der Waals surface area contributed by atoms with Gasteiger partial charge in [0.1, 0.15) is 0 Å². The maximum absolute atomic E-state index is 5.70. The van der Waals surface area contributed by atoms with Gasteiger partial charge < -0.3 is 5.73 Å². The molecule has 0 amide bonds. The lowest BCUT2D eigenvalue weighted by Gasteiger charge is -2.13. The zero-order valence-corrected chi connectivity index (χ0v) is 13.8. The van der Waals surface area contributed by atoms with Gasteiger partial charge in [0.2, 0.25) is 0 Å². The van der Waals surface area contributed by atoms with Crippen LogP contribution in [0, 0.1) is 19.8 Å². The molecule has 3 nitrogen and oxygen atoms in total. The molecule has 19 heavy (non-hydrogen) atoms. The summed E-state index contributed by atoms with van der Waals surface area (Å²) in [6, 6.07) is 4.07. The molecular formula is C14H18BrN3S. The maximum atomic E-state index is 5.70. The molecule has 1 atom stereocenters. The largest absolute Gasteiger partial charge is 0.330 e. The fraction of sp³-hybridized carbons (Fsp3) is 0.429. The normalized spacial score (nSPS) is 12.7. The summed E-state index contributed by atoms with van der Waals surface area (Å²) >= 11 is 5.13. The predicted molar refractivity (Wildman–Crippen MR) is 84.4 cm³/mol. The van der Waals surface area contributed by atoms with E-state index in [2.05, 4.69) is 46.7 Å². The maximum Gasteiger partial charge on any atom is 0.169 e. The van der Waals surface area contributed by atoms with Gasteiger partial charge in [-0.15, -0.1) is 11.3 Å². The van der Waals surface area contributed by atoms with E-state index in [9.17, 15) is 0 Å². The van der Waals surface area contributed by atoms with E-state index < -0.39 is 0 Å². The third-order valence-corrected chi connectivity index (χ3v) is 4.79. The molecule has 0 aliphatic carbocycles. The Morgan fingerprint density at radius 2 is 1.89 bits per heavy atom. The van der Waals surface area contributed by atoms with Gasteiger partial charge in [0.15, 0.2) is 5.82 Å². The van der Waals surface area contributed by atoms with Gasteiger partial charge in [-0.25, -0.2) is 9.97 Å². The van der Waals surface area contributed by atoms with Crippen LogP contribution in [-0.2, 0) is 6.42 Å². The minimum atomic E-state index is 0.461. The zero-order chi connectivity index (χ0) is 14.0. The van der Waals surface area contributed by atoms with Gasteiger partial charge >= 0.3 is 0 Å². The smallest absolute Gasteiger partial charge is 0.169 e. The molecule has 0 spiro atoms. The summed E-state index contributed by atoms with van der Waals surface area (Å²) in [6.45, 7) is 6.96. The molecule has 0 radical (unpaired) electrons. The van der Waals surface area contributed by atoms with Gasteiger partial charge in [0, 0.05) is 11.4 Å². The quantitative estimate of drug-likeness (QED) is 0.923. The summed E-state index contributed by atoms with van der Waals surface area (Å²) in [4.78, 5) is 10.4. The molecule has 0 bridgehead atoms. The number of rotatable bonds is 4. The van der Waals surface area contributed by atoms with E-state index >= 15 is 0 Å². The van der Waals surface area contributed by atoms with E-state index in [1.54, 1.807) is 11.3 Å². The molecular weight excluding hydrogens is 322 g/mol. The van der Waals surface area contributed by atoms with Gasteiger partial charge in [-0.3, -0.25) is 0 Å². The van der Waals surface area contributed by atoms with Crippen LogP contribution < -0.4 is 5.73 Å². The highest BCUT2D eigenvalue weighted by atomic mass is 79.9. The highest BCUT2D eigenvalue weighted by Gasteiger charge is 2.13. The Balaban J connectivity index is 2.36. The van der Waals surface area contributed by atoms with Crippen LogP contribution in [0.4, 0.5) is 0 Å². The Labute approximate surface area is 126 Å². The molecule has 0 saturated carbocycles. The predicted octanol–water partition coefficient (Wildman–Crippen LogP) is 3.72. The first-order valence-corrected chi connectivity index (χ1v) is 7.92. The second-order valence-electron chi connectivity index (χ2n) is 4.85. The van der Waals surface area contributed by atoms with Crippen molar-refractivity contribution < 1.29 is 0 Å². The lowest BCUT2D eigenvalue weighted by atomic mass is 9.99. The van der Waals surface area contributed by atoms with Crippen molar-refractivity contribution in [3.8, 4) is 10.7 Å². The third-order valence-electron chi connectivity index (χ3n) is 3.17. The van der Waals surface area contributed by atoms with Crippen molar-refractivity contribution >= 4 is 27.3 Å². The molecule has 2 heterocycles. The summed E-state index contributed by atoms with van der Waals surface area (Å²) in [5.74, 6) is 1.28. The standard InChI is InChI=1S/C14H18BrN3S/c1-8(7-16)6-11-9(2)17-14(18-10(11)3)12-4-5-13(15)19-12/h4-5,8H,6-7,16H2,1-3H3. The lowest BCUT2D eigenvalue weighted by Crippen LogP contribution is -2.15. The molecule has 0 fully saturated rings. The van der Waals surface area contributed by atoms with E-state index in [1.807, 2.05) is 12.1 Å². The summed E-state index contributed by atoms with van der Waals surface area (Å²) in [6.07, 6.45) is 0.947. The second-order valence-corrected chi connectivity index (χ2v) is 7.31. The molecule has 2 aromatic heterocycles. The van der Waals surface area contributed by atoms with Crippen LogP contribution in [0.5, 0.6) is 0 Å². The van der Waals surface area contributed by atoms with E-state index in [-0.39, 0.29) is 0 Å². The summed E-state index contributed by atoms with van der Waals surface area (Å²) in [7, 11) is 0. The van der Waals surface area contributed by atoms with Crippen LogP contribution in [0.2, 0.25) is 0 Å². The fourth-order valence-corrected chi connectivity index (χ4v) is 3.33. The van der Waals surface area contributed by atoms with Gasteiger partial charge in [-0.2, -0.15) is 0 Å². The van der Waals surface area contributed by atoms with Crippen molar-refractivity contribution in [2.24, 2.45) is 11.7 Å². The first-order valence-electron chi connectivity index (χ1n) is 6.31. The Kier molecular flexibility index (Phi) is 4.71. The third kappa shape index (κ3) is 3.41. The van der Waals surface area contributed by atoms with E-state index in [0.29, 0.717) is 12.5 Å². The number of nitrogens with zero attached hydrogens (tertiary/aromatic N) is 2. The molecule has 1 unspecified atom stereocenters. The average Bonchev–Trinajstić information content (AvgIpc) is 2.80. The van der Waals surface area contributed by atoms with Crippen molar-refractivity contribution in [2.75, 3.05) is 6.54 Å². The van der Waals surface area contributed by atoms with Crippen molar-refractivity contribution in [1.29, 1.82) is 0 Å². The van der Waals surface area contributed by atoms with Crippen LogP contribution in [0.3, 0.4) is 0 Å². The van der Waals surface area contributed by atoms with E-state index in [4.69, 9.17) is 5.73 Å². The number of hydrogen-bond acceptors (Lipinski definition) is 4. The number of thiophene rings is 1. The molecule has 2 aromatic rings. The van der Waals surface area contributed by atoms with Crippen molar-refractivity contribution in [3.05, 3.63) is 32.9 Å². The summed E-state index contributed by atoms with van der Waals surface area (Å²) in [5.41, 5.74) is 9.06. The minimum Gasteiger partial charge on any atom is -0.330 e. The molecule has 2 N–H and O–H groups in total. The van der Waals surface area contributed by atoms with E-state index in [1.165, 1.54) is 5.56 Å². The van der Waals surface area contributed by atoms with Crippen LogP contribution >= 0.6 is 27.3 Å². The first kappa shape index (κ1) is 14.6. The van der Waals surface area contributed by atoms with Crippen LogP contribution in [0.1, 0.15) is 23.9 Å². The summed E-state index contributed by atoms with van der Waals surface area (Å²) in [5, 5.41) is 0. The Hall–Kier alpha value is -0.780. The van der Waals surface area contributed by atoms with Crippen LogP contribution in [-0.4, -0.2) is 16.5 Å². The fourth-order valence-electron chi connectivity index (χ4n) is 2.01. The van der Waals surface area contributed by atoms with Crippen molar-refractivity contribution in [1.82, 2.24) is 9.97 Å². The number of aryl methyl sites for hydroxylation is 2. The molecule has 0 aromatic carbocycles. The zero-order valence-electron chi connectivity index (χ0n) is 11.4.